The highest BCUT2D eigenvalue weighted by molar-refractivity contribution is 5.76. The van der Waals surface area contributed by atoms with Crippen molar-refractivity contribution in [1.82, 2.24) is 10.9 Å². The molecule has 1 unspecified atom stereocenters. The Morgan fingerprint density at radius 1 is 0.900 bits per heavy atom. The molecule has 30 heavy (non-hydrogen) atoms. The maximum atomic E-state index is 12.6. The van der Waals surface area contributed by atoms with E-state index in [4.69, 9.17) is 9.47 Å². The zero-order chi connectivity index (χ0) is 21.2. The summed E-state index contributed by atoms with van der Waals surface area (Å²) in [6.07, 6.45) is 0.371. The standard InChI is InChI=1S/C24H26N2O4/c1-25-26-21(24(28)30-17-19-10-6-3-7-11-19)14-20-12-13-22(27)23(15-20)29-16-18-8-4-2-5-9-18/h2-13,15,21,25-27H,14,16-17H2,1H3. The number of hydrogen-bond acceptors (Lipinski definition) is 6. The molecule has 0 aliphatic carbocycles. The number of hydrogen-bond donors (Lipinski definition) is 3. The lowest BCUT2D eigenvalue weighted by atomic mass is 10.1. The maximum Gasteiger partial charge on any atom is 0.325 e. The Labute approximate surface area is 176 Å². The van der Waals surface area contributed by atoms with Crippen LogP contribution in [0.1, 0.15) is 16.7 Å². The van der Waals surface area contributed by atoms with Crippen molar-refractivity contribution in [2.45, 2.75) is 25.7 Å². The average molecular weight is 406 g/mol. The lowest BCUT2D eigenvalue weighted by Crippen LogP contribution is -2.45. The van der Waals surface area contributed by atoms with Gasteiger partial charge in [-0.25, -0.2) is 5.43 Å². The number of hydrazine groups is 1. The first kappa shape index (κ1) is 21.4. The Kier molecular flexibility index (Phi) is 7.83. The second kappa shape index (κ2) is 11.0. The molecule has 0 spiro atoms. The number of carbonyl (C=O) groups is 1. The van der Waals surface area contributed by atoms with E-state index in [1.165, 1.54) is 0 Å². The minimum Gasteiger partial charge on any atom is -0.504 e. The monoisotopic (exact) mass is 406 g/mol. The van der Waals surface area contributed by atoms with Crippen molar-refractivity contribution in [3.8, 4) is 11.5 Å². The van der Waals surface area contributed by atoms with E-state index < -0.39 is 6.04 Å². The highest BCUT2D eigenvalue weighted by Gasteiger charge is 2.20. The summed E-state index contributed by atoms with van der Waals surface area (Å²) in [7, 11) is 1.70. The second-order valence-electron chi connectivity index (χ2n) is 6.82. The van der Waals surface area contributed by atoms with Gasteiger partial charge in [-0.3, -0.25) is 10.2 Å². The molecule has 1 atom stereocenters. The van der Waals surface area contributed by atoms with Crippen LogP contribution in [0.4, 0.5) is 0 Å². The highest BCUT2D eigenvalue weighted by Crippen LogP contribution is 2.28. The third-order valence-electron chi connectivity index (χ3n) is 4.53. The number of nitrogens with one attached hydrogen (secondary N) is 2. The highest BCUT2D eigenvalue weighted by atomic mass is 16.5. The molecule has 156 valence electrons. The summed E-state index contributed by atoms with van der Waals surface area (Å²) in [4.78, 5) is 12.6. The number of carbonyl (C=O) groups excluding carboxylic acids is 1. The third kappa shape index (κ3) is 6.34. The Bertz CT molecular complexity index is 932. The SMILES string of the molecule is CNNC(Cc1ccc(O)c(OCc2ccccc2)c1)C(=O)OCc1ccccc1. The molecule has 6 heteroatoms. The quantitative estimate of drug-likeness (QED) is 0.354. The van der Waals surface area contributed by atoms with Gasteiger partial charge < -0.3 is 14.6 Å². The van der Waals surface area contributed by atoms with Gasteiger partial charge >= 0.3 is 5.97 Å². The minimum atomic E-state index is -0.592. The lowest BCUT2D eigenvalue weighted by molar-refractivity contribution is -0.147. The zero-order valence-electron chi connectivity index (χ0n) is 16.9. The molecule has 0 amide bonds. The van der Waals surface area contributed by atoms with Crippen LogP contribution in [0, 0.1) is 0 Å². The van der Waals surface area contributed by atoms with Gasteiger partial charge in [0, 0.05) is 0 Å². The van der Waals surface area contributed by atoms with Crippen LogP contribution in [0.5, 0.6) is 11.5 Å². The summed E-state index contributed by atoms with van der Waals surface area (Å²) in [5, 5.41) is 10.1. The van der Waals surface area contributed by atoms with Gasteiger partial charge in [-0.05, 0) is 42.3 Å². The van der Waals surface area contributed by atoms with Crippen molar-refractivity contribution in [1.29, 1.82) is 0 Å². The Morgan fingerprint density at radius 3 is 2.17 bits per heavy atom. The summed E-state index contributed by atoms with van der Waals surface area (Å²) in [5.41, 5.74) is 8.50. The summed E-state index contributed by atoms with van der Waals surface area (Å²) in [6.45, 7) is 0.553. The van der Waals surface area contributed by atoms with Crippen LogP contribution in [0.2, 0.25) is 0 Å². The average Bonchev–Trinajstić information content (AvgIpc) is 2.79. The number of aromatic hydroxyl groups is 1. The van der Waals surface area contributed by atoms with Gasteiger partial charge in [-0.2, -0.15) is 0 Å². The number of rotatable bonds is 10. The smallest absolute Gasteiger partial charge is 0.325 e. The van der Waals surface area contributed by atoms with Gasteiger partial charge in [0.1, 0.15) is 19.3 Å². The van der Waals surface area contributed by atoms with E-state index in [2.05, 4.69) is 10.9 Å². The molecule has 0 aliphatic heterocycles. The van der Waals surface area contributed by atoms with Crippen LogP contribution in [0.3, 0.4) is 0 Å². The molecular formula is C24H26N2O4. The number of ether oxygens (including phenoxy) is 2. The van der Waals surface area contributed by atoms with Crippen LogP contribution in [0.25, 0.3) is 0 Å². The predicted octanol–water partition coefficient (Wildman–Crippen LogP) is 3.35. The minimum absolute atomic E-state index is 0.0551. The van der Waals surface area contributed by atoms with Crippen LogP contribution >= 0.6 is 0 Å². The third-order valence-corrected chi connectivity index (χ3v) is 4.53. The first-order valence-electron chi connectivity index (χ1n) is 9.77. The van der Waals surface area contributed by atoms with Crippen LogP contribution < -0.4 is 15.6 Å². The zero-order valence-corrected chi connectivity index (χ0v) is 16.9. The van der Waals surface area contributed by atoms with Gasteiger partial charge in [0.2, 0.25) is 0 Å². The number of esters is 1. The fourth-order valence-corrected chi connectivity index (χ4v) is 2.97. The van der Waals surface area contributed by atoms with Crippen molar-refractivity contribution in [3.63, 3.8) is 0 Å². The Hall–Kier alpha value is -3.35. The van der Waals surface area contributed by atoms with E-state index in [0.29, 0.717) is 18.8 Å². The maximum absolute atomic E-state index is 12.6. The summed E-state index contributed by atoms with van der Waals surface area (Å²) < 4.78 is 11.2. The Morgan fingerprint density at radius 2 is 1.53 bits per heavy atom. The first-order valence-corrected chi connectivity index (χ1v) is 9.77. The molecule has 3 aromatic rings. The first-order chi connectivity index (χ1) is 14.7. The van der Waals surface area contributed by atoms with Crippen LogP contribution in [-0.2, 0) is 29.2 Å². The van der Waals surface area contributed by atoms with Crippen molar-refractivity contribution < 1.29 is 19.4 Å². The van der Waals surface area contributed by atoms with Crippen LogP contribution in [-0.4, -0.2) is 24.2 Å². The normalized spacial score (nSPS) is 11.6. The Balaban J connectivity index is 1.63. The van der Waals surface area contributed by atoms with E-state index >= 15 is 0 Å². The summed E-state index contributed by atoms with van der Waals surface area (Å²) in [6, 6.07) is 23.7. The molecule has 6 nitrogen and oxygen atoms in total. The molecule has 3 aromatic carbocycles. The number of phenolic OH excluding ortho intramolecular Hbond substituents is 1. The van der Waals surface area contributed by atoms with E-state index in [9.17, 15) is 9.90 Å². The largest absolute Gasteiger partial charge is 0.504 e. The molecule has 0 bridgehead atoms. The number of phenols is 1. The summed E-state index contributed by atoms with van der Waals surface area (Å²) >= 11 is 0. The molecule has 0 fully saturated rings. The van der Waals surface area contributed by atoms with Crippen molar-refractivity contribution in [2.24, 2.45) is 0 Å². The summed E-state index contributed by atoms with van der Waals surface area (Å²) in [5.74, 6) is 0.0599. The van der Waals surface area contributed by atoms with E-state index in [1.54, 1.807) is 25.2 Å². The molecule has 3 N–H and O–H groups in total. The number of benzene rings is 3. The van der Waals surface area contributed by atoms with Crippen LogP contribution in [0.15, 0.2) is 78.9 Å². The molecule has 3 rings (SSSR count). The van der Waals surface area contributed by atoms with Gasteiger partial charge in [-0.1, -0.05) is 66.7 Å². The van der Waals surface area contributed by atoms with Gasteiger partial charge in [0.25, 0.3) is 0 Å². The second-order valence-corrected chi connectivity index (χ2v) is 6.82. The van der Waals surface area contributed by atoms with E-state index in [0.717, 1.165) is 16.7 Å². The van der Waals surface area contributed by atoms with E-state index in [-0.39, 0.29) is 18.3 Å². The fourth-order valence-electron chi connectivity index (χ4n) is 2.97. The van der Waals surface area contributed by atoms with Gasteiger partial charge in [-0.15, -0.1) is 0 Å². The molecular weight excluding hydrogens is 380 g/mol. The molecule has 0 heterocycles. The molecule has 0 radical (unpaired) electrons. The molecule has 0 aromatic heterocycles. The van der Waals surface area contributed by atoms with Crippen molar-refractivity contribution >= 4 is 5.97 Å². The predicted molar refractivity (Wildman–Crippen MR) is 115 cm³/mol. The lowest BCUT2D eigenvalue weighted by Gasteiger charge is -2.18. The topological polar surface area (TPSA) is 79.8 Å². The molecule has 0 saturated carbocycles. The fraction of sp³-hybridized carbons (Fsp3) is 0.208. The molecule has 0 saturated heterocycles. The van der Waals surface area contributed by atoms with Gasteiger partial charge in [0.05, 0.1) is 0 Å². The molecule has 0 aliphatic rings. The van der Waals surface area contributed by atoms with Crippen molar-refractivity contribution in [3.05, 3.63) is 95.6 Å². The van der Waals surface area contributed by atoms with E-state index in [1.807, 2.05) is 60.7 Å². The van der Waals surface area contributed by atoms with Crippen molar-refractivity contribution in [2.75, 3.05) is 7.05 Å². The van der Waals surface area contributed by atoms with Gasteiger partial charge in [0.15, 0.2) is 11.5 Å².